The Kier molecular flexibility index (Phi) is 3.84. The maximum Gasteiger partial charge on any atom is 0.243 e. The summed E-state index contributed by atoms with van der Waals surface area (Å²) in [6.45, 7) is 5.60. The average Bonchev–Trinajstić information content (AvgIpc) is 2.27. The lowest BCUT2D eigenvalue weighted by Gasteiger charge is -2.30. The molecule has 5 heteroatoms. The molecule has 0 spiro atoms. The summed E-state index contributed by atoms with van der Waals surface area (Å²) in [6.07, 6.45) is 0. The number of nitrogens with one attached hydrogen (secondary N) is 1. The normalized spacial score (nSPS) is 12.8. The van der Waals surface area contributed by atoms with Crippen LogP contribution in [-0.2, 0) is 10.0 Å². The van der Waals surface area contributed by atoms with Crippen molar-refractivity contribution in [3.63, 3.8) is 0 Å². The molecule has 0 atom stereocenters. The van der Waals surface area contributed by atoms with Crippen molar-refractivity contribution in [1.82, 2.24) is 4.31 Å². The van der Waals surface area contributed by atoms with Gasteiger partial charge >= 0.3 is 0 Å². The first-order valence-corrected chi connectivity index (χ1v) is 6.90. The van der Waals surface area contributed by atoms with E-state index in [1.165, 1.54) is 4.31 Å². The van der Waals surface area contributed by atoms with Crippen LogP contribution in [0.4, 0.5) is 5.69 Å². The largest absolute Gasteiger partial charge is 0.388 e. The van der Waals surface area contributed by atoms with Crippen LogP contribution in [0.3, 0.4) is 0 Å². The summed E-state index contributed by atoms with van der Waals surface area (Å²) in [6, 6.07) is 6.81. The summed E-state index contributed by atoms with van der Waals surface area (Å²) in [5.74, 6) is 0. The molecule has 1 aromatic rings. The number of hydrogen-bond acceptors (Lipinski definition) is 3. The van der Waals surface area contributed by atoms with Crippen molar-refractivity contribution in [3.05, 3.63) is 24.3 Å². The average molecular weight is 256 g/mol. The zero-order valence-electron chi connectivity index (χ0n) is 11.0. The molecule has 0 aromatic heterocycles. The number of sulfonamides is 1. The fourth-order valence-corrected chi connectivity index (χ4v) is 2.89. The molecule has 0 saturated heterocycles. The number of anilines is 1. The molecule has 17 heavy (non-hydrogen) atoms. The summed E-state index contributed by atoms with van der Waals surface area (Å²) in [4.78, 5) is 0.307. The SMILES string of the molecule is CNc1cccc(S(=O)(=O)N(C)C(C)(C)C)c1. The summed E-state index contributed by atoms with van der Waals surface area (Å²) in [7, 11) is -0.0743. The highest BCUT2D eigenvalue weighted by molar-refractivity contribution is 7.89. The van der Waals surface area contributed by atoms with E-state index < -0.39 is 15.6 Å². The van der Waals surface area contributed by atoms with E-state index in [1.807, 2.05) is 26.8 Å². The Morgan fingerprint density at radius 2 is 1.82 bits per heavy atom. The van der Waals surface area contributed by atoms with Gasteiger partial charge in [-0.1, -0.05) is 6.07 Å². The molecule has 0 fully saturated rings. The molecule has 1 N–H and O–H groups in total. The molecule has 0 unspecified atom stereocenters. The lowest BCUT2D eigenvalue weighted by atomic mass is 10.1. The predicted octanol–water partition coefficient (Wildman–Crippen LogP) is 2.15. The van der Waals surface area contributed by atoms with Gasteiger partial charge in [0.15, 0.2) is 0 Å². The number of nitrogens with zero attached hydrogens (tertiary/aromatic N) is 1. The zero-order chi connectivity index (χ0) is 13.3. The fourth-order valence-electron chi connectivity index (χ4n) is 1.33. The van der Waals surface area contributed by atoms with Gasteiger partial charge in [0.25, 0.3) is 0 Å². The molecule has 0 radical (unpaired) electrons. The minimum atomic E-state index is -3.44. The Hall–Kier alpha value is -1.07. The lowest BCUT2D eigenvalue weighted by molar-refractivity contribution is 0.292. The first-order chi connectivity index (χ1) is 7.69. The van der Waals surface area contributed by atoms with Gasteiger partial charge in [-0.25, -0.2) is 8.42 Å². The maximum atomic E-state index is 12.3. The molecule has 1 aromatic carbocycles. The molecular formula is C12H20N2O2S. The Labute approximate surface area is 104 Å². The summed E-state index contributed by atoms with van der Waals surface area (Å²) >= 11 is 0. The predicted molar refractivity (Wildman–Crippen MR) is 70.7 cm³/mol. The van der Waals surface area contributed by atoms with Crippen LogP contribution in [0, 0.1) is 0 Å². The Balaban J connectivity index is 3.22. The molecule has 0 bridgehead atoms. The monoisotopic (exact) mass is 256 g/mol. The molecule has 0 aliphatic heterocycles. The van der Waals surface area contributed by atoms with E-state index in [1.54, 1.807) is 32.3 Å². The van der Waals surface area contributed by atoms with Crippen molar-refractivity contribution in [2.45, 2.75) is 31.2 Å². The van der Waals surface area contributed by atoms with Crippen LogP contribution in [0.2, 0.25) is 0 Å². The van der Waals surface area contributed by atoms with Crippen LogP contribution in [0.1, 0.15) is 20.8 Å². The number of benzene rings is 1. The molecule has 0 aliphatic carbocycles. The molecule has 0 aliphatic rings. The van der Waals surface area contributed by atoms with Crippen molar-refractivity contribution < 1.29 is 8.42 Å². The second-order valence-corrected chi connectivity index (χ2v) is 6.89. The molecule has 96 valence electrons. The van der Waals surface area contributed by atoms with E-state index in [9.17, 15) is 8.42 Å². The van der Waals surface area contributed by atoms with Gasteiger partial charge in [-0.05, 0) is 39.0 Å². The van der Waals surface area contributed by atoms with Gasteiger partial charge in [-0.3, -0.25) is 0 Å². The third kappa shape index (κ3) is 2.98. The van der Waals surface area contributed by atoms with Crippen LogP contribution < -0.4 is 5.32 Å². The number of hydrogen-bond donors (Lipinski definition) is 1. The third-order valence-corrected chi connectivity index (χ3v) is 4.84. The summed E-state index contributed by atoms with van der Waals surface area (Å²) in [5, 5.41) is 2.93. The van der Waals surface area contributed by atoms with E-state index >= 15 is 0 Å². The Bertz CT molecular complexity index is 489. The molecule has 4 nitrogen and oxygen atoms in total. The van der Waals surface area contributed by atoms with Crippen LogP contribution in [0.15, 0.2) is 29.2 Å². The fraction of sp³-hybridized carbons (Fsp3) is 0.500. The third-order valence-electron chi connectivity index (χ3n) is 2.73. The van der Waals surface area contributed by atoms with E-state index in [2.05, 4.69) is 5.32 Å². The summed E-state index contributed by atoms with van der Waals surface area (Å²) < 4.78 is 26.1. The molecule has 0 amide bonds. The maximum absolute atomic E-state index is 12.3. The quantitative estimate of drug-likeness (QED) is 0.901. The van der Waals surface area contributed by atoms with Gasteiger partial charge in [0, 0.05) is 25.3 Å². The molecule has 1 rings (SSSR count). The van der Waals surface area contributed by atoms with Crippen molar-refractivity contribution >= 4 is 15.7 Å². The topological polar surface area (TPSA) is 49.4 Å². The zero-order valence-corrected chi connectivity index (χ0v) is 11.8. The summed E-state index contributed by atoms with van der Waals surface area (Å²) in [5.41, 5.74) is 0.350. The van der Waals surface area contributed by atoms with E-state index in [4.69, 9.17) is 0 Å². The van der Waals surface area contributed by atoms with Crippen molar-refractivity contribution in [2.75, 3.05) is 19.4 Å². The molecule has 0 saturated carbocycles. The smallest absolute Gasteiger partial charge is 0.243 e. The van der Waals surface area contributed by atoms with Gasteiger partial charge in [0.2, 0.25) is 10.0 Å². The molecule has 0 heterocycles. The minimum Gasteiger partial charge on any atom is -0.388 e. The van der Waals surface area contributed by atoms with Crippen molar-refractivity contribution in [2.24, 2.45) is 0 Å². The highest BCUT2D eigenvalue weighted by Crippen LogP contribution is 2.23. The lowest BCUT2D eigenvalue weighted by Crippen LogP contribution is -2.42. The van der Waals surface area contributed by atoms with Gasteiger partial charge in [0.1, 0.15) is 0 Å². The van der Waals surface area contributed by atoms with Gasteiger partial charge < -0.3 is 5.32 Å². The Morgan fingerprint density at radius 1 is 1.24 bits per heavy atom. The van der Waals surface area contributed by atoms with E-state index in [0.29, 0.717) is 4.90 Å². The first kappa shape index (κ1) is 14.0. The number of rotatable bonds is 3. The van der Waals surface area contributed by atoms with Gasteiger partial charge in [-0.15, -0.1) is 0 Å². The van der Waals surface area contributed by atoms with Gasteiger partial charge in [0.05, 0.1) is 4.90 Å². The van der Waals surface area contributed by atoms with E-state index in [0.717, 1.165) is 5.69 Å². The Morgan fingerprint density at radius 3 is 2.29 bits per heavy atom. The highest BCUT2D eigenvalue weighted by atomic mass is 32.2. The van der Waals surface area contributed by atoms with Crippen molar-refractivity contribution in [3.8, 4) is 0 Å². The van der Waals surface area contributed by atoms with Crippen LogP contribution in [0.25, 0.3) is 0 Å². The van der Waals surface area contributed by atoms with Gasteiger partial charge in [-0.2, -0.15) is 4.31 Å². The van der Waals surface area contributed by atoms with Crippen LogP contribution in [-0.4, -0.2) is 32.4 Å². The second-order valence-electron chi connectivity index (χ2n) is 4.92. The minimum absolute atomic E-state index is 0.307. The van der Waals surface area contributed by atoms with Crippen LogP contribution >= 0.6 is 0 Å². The first-order valence-electron chi connectivity index (χ1n) is 5.46. The highest BCUT2D eigenvalue weighted by Gasteiger charge is 2.30. The van der Waals surface area contributed by atoms with Crippen molar-refractivity contribution in [1.29, 1.82) is 0 Å². The standard InChI is InChI=1S/C12H20N2O2S/c1-12(2,3)14(5)17(15,16)11-8-6-7-10(9-11)13-4/h6-9,13H,1-5H3. The molecular weight excluding hydrogens is 236 g/mol. The van der Waals surface area contributed by atoms with Crippen LogP contribution in [0.5, 0.6) is 0 Å². The van der Waals surface area contributed by atoms with E-state index in [-0.39, 0.29) is 0 Å². The second kappa shape index (κ2) is 4.66.